The number of esters is 2. The molecule has 0 bridgehead atoms. The van der Waals surface area contributed by atoms with E-state index in [4.69, 9.17) is 23.7 Å². The second kappa shape index (κ2) is 9.94. The van der Waals surface area contributed by atoms with E-state index < -0.39 is 65.0 Å². The van der Waals surface area contributed by atoms with E-state index >= 15 is 0 Å². The summed E-state index contributed by atoms with van der Waals surface area (Å²) in [4.78, 5) is 37.7. The van der Waals surface area contributed by atoms with Crippen molar-refractivity contribution in [3.05, 3.63) is 23.3 Å². The third-order valence-electron chi connectivity index (χ3n) is 12.4. The zero-order valence-corrected chi connectivity index (χ0v) is 27.2. The molecule has 0 aromatic rings. The van der Waals surface area contributed by atoms with Crippen LogP contribution in [0.3, 0.4) is 0 Å². The average molecular weight is 617 g/mol. The Hall–Kier alpha value is -2.11. The number of rotatable bonds is 4. The van der Waals surface area contributed by atoms with Crippen LogP contribution in [0.4, 0.5) is 0 Å². The van der Waals surface area contributed by atoms with Crippen LogP contribution >= 0.6 is 0 Å². The number of hydrogen-bond acceptors (Lipinski definition) is 10. The minimum atomic E-state index is -1.99. The number of carbonyl (C=O) groups excluding carboxylic acids is 3. The van der Waals surface area contributed by atoms with Gasteiger partial charge in [0.15, 0.2) is 36.4 Å². The Kier molecular flexibility index (Phi) is 7.20. The molecule has 2 heterocycles. The fourth-order valence-electron chi connectivity index (χ4n) is 10.9. The smallest absolute Gasteiger partial charge is 0.303 e. The van der Waals surface area contributed by atoms with Crippen LogP contribution in [-0.4, -0.2) is 70.7 Å². The van der Waals surface area contributed by atoms with Crippen molar-refractivity contribution in [1.29, 1.82) is 0 Å². The summed E-state index contributed by atoms with van der Waals surface area (Å²) in [7, 11) is 0. The number of hydrogen-bond donors (Lipinski definition) is 2. The predicted molar refractivity (Wildman–Crippen MR) is 156 cm³/mol. The van der Waals surface area contributed by atoms with Gasteiger partial charge in [-0.2, -0.15) is 0 Å². The lowest BCUT2D eigenvalue weighted by molar-refractivity contribution is -0.211. The van der Waals surface area contributed by atoms with Crippen molar-refractivity contribution in [2.24, 2.45) is 33.5 Å². The Morgan fingerprint density at radius 2 is 1.32 bits per heavy atom. The van der Waals surface area contributed by atoms with Crippen LogP contribution in [0, 0.1) is 33.5 Å². The van der Waals surface area contributed by atoms with E-state index in [0.29, 0.717) is 24.7 Å². The van der Waals surface area contributed by atoms with Crippen LogP contribution in [0.25, 0.3) is 0 Å². The largest absolute Gasteiger partial charge is 0.458 e. The molecule has 6 aliphatic rings. The zero-order valence-electron chi connectivity index (χ0n) is 27.2. The van der Waals surface area contributed by atoms with Gasteiger partial charge in [0.1, 0.15) is 12.2 Å². The molecule has 244 valence electrons. The lowest BCUT2D eigenvalue weighted by atomic mass is 9.46. The first kappa shape index (κ1) is 31.9. The van der Waals surface area contributed by atoms with Crippen LogP contribution in [0.15, 0.2) is 23.3 Å². The van der Waals surface area contributed by atoms with Crippen molar-refractivity contribution in [2.75, 3.05) is 0 Å². The number of carbonyl (C=O) groups is 3. The molecule has 4 fully saturated rings. The van der Waals surface area contributed by atoms with Gasteiger partial charge in [-0.1, -0.05) is 54.4 Å². The topological polar surface area (TPSA) is 138 Å². The molecule has 5 unspecified atom stereocenters. The molecule has 0 amide bonds. The zero-order chi connectivity index (χ0) is 32.3. The van der Waals surface area contributed by atoms with E-state index in [1.807, 2.05) is 6.92 Å². The van der Waals surface area contributed by atoms with Gasteiger partial charge in [-0.3, -0.25) is 14.4 Å². The number of ether oxygens (including phenoxy) is 5. The van der Waals surface area contributed by atoms with Gasteiger partial charge in [0, 0.05) is 47.7 Å². The van der Waals surface area contributed by atoms with Gasteiger partial charge in [0.2, 0.25) is 0 Å². The highest BCUT2D eigenvalue weighted by atomic mass is 16.8. The first-order valence-corrected chi connectivity index (χ1v) is 16.0. The molecule has 4 aliphatic carbocycles. The highest BCUT2D eigenvalue weighted by Crippen LogP contribution is 2.69. The van der Waals surface area contributed by atoms with Gasteiger partial charge < -0.3 is 33.9 Å². The molecule has 44 heavy (non-hydrogen) atoms. The van der Waals surface area contributed by atoms with E-state index in [2.05, 4.69) is 34.6 Å². The molecule has 2 saturated heterocycles. The Morgan fingerprint density at radius 3 is 1.84 bits per heavy atom. The van der Waals surface area contributed by atoms with Crippen molar-refractivity contribution in [2.45, 2.75) is 136 Å². The van der Waals surface area contributed by atoms with Gasteiger partial charge >= 0.3 is 11.9 Å². The summed E-state index contributed by atoms with van der Waals surface area (Å²) < 4.78 is 31.3. The molecular formula is C34H48O10. The van der Waals surface area contributed by atoms with Crippen LogP contribution in [0.2, 0.25) is 0 Å². The minimum absolute atomic E-state index is 0.175. The Morgan fingerprint density at radius 1 is 0.818 bits per heavy atom. The summed E-state index contributed by atoms with van der Waals surface area (Å²) >= 11 is 0. The first-order chi connectivity index (χ1) is 20.4. The summed E-state index contributed by atoms with van der Waals surface area (Å²) in [6.07, 6.45) is 3.58. The highest BCUT2D eigenvalue weighted by molar-refractivity contribution is 5.73. The second-order valence-electron chi connectivity index (χ2n) is 15.9. The Balaban J connectivity index is 1.50. The van der Waals surface area contributed by atoms with E-state index in [1.54, 1.807) is 12.2 Å². The van der Waals surface area contributed by atoms with Gasteiger partial charge in [0.25, 0.3) is 0 Å². The van der Waals surface area contributed by atoms with E-state index in [-0.39, 0.29) is 28.2 Å². The Bertz CT molecular complexity index is 1320. The van der Waals surface area contributed by atoms with Crippen LogP contribution in [0.1, 0.15) is 93.9 Å². The molecule has 11 atom stereocenters. The molecule has 0 aromatic carbocycles. The molecule has 0 aromatic heterocycles. The molecular weight excluding hydrogens is 568 g/mol. The molecule has 2 aliphatic heterocycles. The van der Waals surface area contributed by atoms with Crippen LogP contribution in [-0.2, 0) is 38.1 Å². The molecule has 10 nitrogen and oxygen atoms in total. The van der Waals surface area contributed by atoms with Gasteiger partial charge in [0.05, 0.1) is 0 Å². The molecule has 6 rings (SSSR count). The number of aldehydes is 1. The van der Waals surface area contributed by atoms with Crippen molar-refractivity contribution < 1.29 is 48.3 Å². The van der Waals surface area contributed by atoms with Crippen molar-refractivity contribution in [1.82, 2.24) is 0 Å². The molecule has 2 saturated carbocycles. The van der Waals surface area contributed by atoms with Gasteiger partial charge in [-0.25, -0.2) is 0 Å². The fourth-order valence-corrected chi connectivity index (χ4v) is 10.9. The molecule has 1 spiro atoms. The maximum atomic E-state index is 13.1. The van der Waals surface area contributed by atoms with Gasteiger partial charge in [-0.15, -0.1) is 0 Å². The summed E-state index contributed by atoms with van der Waals surface area (Å²) in [5, 5.41) is 23.7. The van der Waals surface area contributed by atoms with Crippen molar-refractivity contribution >= 4 is 18.2 Å². The summed E-state index contributed by atoms with van der Waals surface area (Å²) in [5.41, 5.74) is -5.02. The third kappa shape index (κ3) is 4.06. The lowest BCUT2D eigenvalue weighted by Crippen LogP contribution is -2.66. The normalized spacial score (nSPS) is 48.5. The lowest BCUT2D eigenvalue weighted by Gasteiger charge is -2.61. The summed E-state index contributed by atoms with van der Waals surface area (Å²) in [6.45, 7) is 15.2. The van der Waals surface area contributed by atoms with Crippen LogP contribution in [0.5, 0.6) is 0 Å². The van der Waals surface area contributed by atoms with E-state index in [0.717, 1.165) is 25.7 Å². The minimum Gasteiger partial charge on any atom is -0.458 e. The number of aliphatic hydroxyl groups excluding tert-OH is 1. The van der Waals surface area contributed by atoms with Gasteiger partial charge in [-0.05, 0) is 48.7 Å². The summed E-state index contributed by atoms with van der Waals surface area (Å²) in [5.74, 6) is -1.44. The van der Waals surface area contributed by atoms with Crippen molar-refractivity contribution in [3.8, 4) is 0 Å². The number of aliphatic hydroxyl groups is 2. The maximum Gasteiger partial charge on any atom is 0.303 e. The van der Waals surface area contributed by atoms with E-state index in [9.17, 15) is 24.6 Å². The average Bonchev–Trinajstić information content (AvgIpc) is 3.38. The SMILES string of the molecule is CC(=O)O[C@@H]1C=C(C2OC3OC(O)C4=C[C@@H](OC(C)=O)C5C(C)(C)CCC[C@]5(C)[C@]43O2)[C@@](O)(C=O)[C@@]2(C)CCCC(C)(C)C12. The standard InChI is InChI=1S/C34H48O10/c1-18(36)40-22-15-20-26(38)42-28-34(20,32(8)14-10-12-30(5,6)25(22)32)44-27(43-28)21-16-23(41-19(2)37)24-29(3,4)11-9-13-31(24,7)33(21,39)17-35/h15-17,22-28,38-39H,9-14H2,1-8H3/t22-,23-,24?,25?,26?,27?,28?,31+,32+,33+,34+/m1/s1. The molecule has 10 heteroatoms. The van der Waals surface area contributed by atoms with Crippen LogP contribution < -0.4 is 0 Å². The first-order valence-electron chi connectivity index (χ1n) is 16.0. The molecule has 0 radical (unpaired) electrons. The third-order valence-corrected chi connectivity index (χ3v) is 12.4. The van der Waals surface area contributed by atoms with E-state index in [1.165, 1.54) is 13.8 Å². The fraction of sp³-hybridized carbons (Fsp3) is 0.794. The van der Waals surface area contributed by atoms with Crippen molar-refractivity contribution in [3.63, 3.8) is 0 Å². The quantitative estimate of drug-likeness (QED) is 0.270. The Labute approximate surface area is 259 Å². The molecule has 2 N–H and O–H groups in total. The monoisotopic (exact) mass is 616 g/mol. The second-order valence-corrected chi connectivity index (χ2v) is 15.9. The highest BCUT2D eigenvalue weighted by Gasteiger charge is 2.76. The summed E-state index contributed by atoms with van der Waals surface area (Å²) in [6, 6.07) is 0. The number of fused-ring (bicyclic) bond motifs is 2. The predicted octanol–water partition coefficient (Wildman–Crippen LogP) is 4.11. The maximum absolute atomic E-state index is 13.1.